The van der Waals surface area contributed by atoms with Crippen molar-refractivity contribution in [1.82, 2.24) is 9.78 Å². The molecular formula is C13H15F2N3. The number of halogens is 2. The fourth-order valence-electron chi connectivity index (χ4n) is 1.88. The van der Waals surface area contributed by atoms with E-state index in [1.807, 2.05) is 13.0 Å². The molecule has 2 aromatic rings. The van der Waals surface area contributed by atoms with Gasteiger partial charge in [0.25, 0.3) is 0 Å². The van der Waals surface area contributed by atoms with Gasteiger partial charge in [-0.1, -0.05) is 13.0 Å². The van der Waals surface area contributed by atoms with E-state index in [9.17, 15) is 8.78 Å². The van der Waals surface area contributed by atoms with Crippen molar-refractivity contribution in [3.8, 4) is 0 Å². The Hall–Kier alpha value is -1.75. The zero-order chi connectivity index (χ0) is 13.3. The van der Waals surface area contributed by atoms with Gasteiger partial charge in [0.05, 0.1) is 17.4 Å². The number of nitrogens with zero attached hydrogens (tertiary/aromatic N) is 2. The van der Waals surface area contributed by atoms with E-state index in [0.29, 0.717) is 5.56 Å². The average molecular weight is 251 g/mol. The van der Waals surface area contributed by atoms with Crippen LogP contribution < -0.4 is 5.73 Å². The van der Waals surface area contributed by atoms with E-state index < -0.39 is 17.7 Å². The van der Waals surface area contributed by atoms with E-state index in [-0.39, 0.29) is 0 Å². The molecule has 18 heavy (non-hydrogen) atoms. The second-order valence-electron chi connectivity index (χ2n) is 4.19. The number of aromatic nitrogens is 2. The van der Waals surface area contributed by atoms with Crippen LogP contribution in [0, 0.1) is 11.6 Å². The van der Waals surface area contributed by atoms with Gasteiger partial charge in [-0.3, -0.25) is 4.68 Å². The van der Waals surface area contributed by atoms with Crippen molar-refractivity contribution in [2.24, 2.45) is 12.8 Å². The summed E-state index contributed by atoms with van der Waals surface area (Å²) in [7, 11) is 1.79. The number of hydrogen-bond donors (Lipinski definition) is 1. The summed E-state index contributed by atoms with van der Waals surface area (Å²) < 4.78 is 27.7. The summed E-state index contributed by atoms with van der Waals surface area (Å²) in [4.78, 5) is 0. The highest BCUT2D eigenvalue weighted by atomic mass is 19.2. The molecule has 2 rings (SSSR count). The van der Waals surface area contributed by atoms with Crippen LogP contribution in [-0.4, -0.2) is 9.78 Å². The normalized spacial score (nSPS) is 12.7. The molecule has 0 aliphatic rings. The first-order valence-corrected chi connectivity index (χ1v) is 5.76. The van der Waals surface area contributed by atoms with Crippen LogP contribution in [0.1, 0.15) is 29.9 Å². The molecule has 0 spiro atoms. The Balaban J connectivity index is 2.37. The second-order valence-corrected chi connectivity index (χ2v) is 4.19. The van der Waals surface area contributed by atoms with E-state index in [1.165, 1.54) is 6.07 Å². The number of rotatable bonds is 3. The van der Waals surface area contributed by atoms with Gasteiger partial charge in [0.1, 0.15) is 0 Å². The summed E-state index contributed by atoms with van der Waals surface area (Å²) in [6, 6.07) is 5.06. The molecule has 2 N–H and O–H groups in total. The van der Waals surface area contributed by atoms with Gasteiger partial charge in [0.2, 0.25) is 0 Å². The van der Waals surface area contributed by atoms with Gasteiger partial charge in [-0.25, -0.2) is 8.78 Å². The first-order chi connectivity index (χ1) is 8.52. The molecule has 0 aliphatic carbocycles. The van der Waals surface area contributed by atoms with Crippen LogP contribution in [0.5, 0.6) is 0 Å². The summed E-state index contributed by atoms with van der Waals surface area (Å²) in [6.07, 6.45) is 0.804. The van der Waals surface area contributed by atoms with Gasteiger partial charge in [0.15, 0.2) is 11.6 Å². The van der Waals surface area contributed by atoms with Crippen LogP contribution in [0.25, 0.3) is 0 Å². The molecule has 3 nitrogen and oxygen atoms in total. The molecule has 1 atom stereocenters. The van der Waals surface area contributed by atoms with Gasteiger partial charge in [-0.05, 0) is 30.2 Å². The summed E-state index contributed by atoms with van der Waals surface area (Å²) >= 11 is 0. The summed E-state index contributed by atoms with van der Waals surface area (Å²) in [5, 5.41) is 4.28. The average Bonchev–Trinajstić information content (AvgIpc) is 2.73. The Morgan fingerprint density at radius 1 is 1.28 bits per heavy atom. The lowest BCUT2D eigenvalue weighted by Gasteiger charge is -2.12. The van der Waals surface area contributed by atoms with Crippen molar-refractivity contribution >= 4 is 0 Å². The van der Waals surface area contributed by atoms with Gasteiger partial charge < -0.3 is 5.73 Å². The Kier molecular flexibility index (Phi) is 3.43. The molecule has 1 unspecified atom stereocenters. The third-order valence-corrected chi connectivity index (χ3v) is 2.95. The predicted octanol–water partition coefficient (Wildman–Crippen LogP) is 2.31. The lowest BCUT2D eigenvalue weighted by Crippen LogP contribution is -2.16. The molecule has 1 aromatic heterocycles. The van der Waals surface area contributed by atoms with Crippen molar-refractivity contribution in [1.29, 1.82) is 0 Å². The van der Waals surface area contributed by atoms with Crippen molar-refractivity contribution in [3.63, 3.8) is 0 Å². The quantitative estimate of drug-likeness (QED) is 0.909. The van der Waals surface area contributed by atoms with Crippen LogP contribution in [0.4, 0.5) is 8.78 Å². The van der Waals surface area contributed by atoms with Crippen molar-refractivity contribution in [2.75, 3.05) is 0 Å². The maximum atomic E-state index is 13.2. The number of benzene rings is 1. The highest BCUT2D eigenvalue weighted by Crippen LogP contribution is 2.21. The standard InChI is InChI=1S/C13H15F2N3/c1-3-9-7-12(18(2)17-9)13(16)8-4-5-10(14)11(15)6-8/h4-7,13H,3,16H2,1-2H3. The minimum atomic E-state index is -0.888. The van der Waals surface area contributed by atoms with E-state index in [4.69, 9.17) is 5.73 Å². The number of hydrogen-bond acceptors (Lipinski definition) is 2. The Morgan fingerprint density at radius 3 is 2.56 bits per heavy atom. The van der Waals surface area contributed by atoms with Crippen LogP contribution >= 0.6 is 0 Å². The Bertz CT molecular complexity index is 563. The lowest BCUT2D eigenvalue weighted by atomic mass is 10.0. The zero-order valence-corrected chi connectivity index (χ0v) is 10.3. The first kappa shape index (κ1) is 12.7. The molecule has 5 heteroatoms. The smallest absolute Gasteiger partial charge is 0.159 e. The van der Waals surface area contributed by atoms with Crippen molar-refractivity contribution in [2.45, 2.75) is 19.4 Å². The molecule has 0 aliphatic heterocycles. The summed E-state index contributed by atoms with van der Waals surface area (Å²) in [5.41, 5.74) is 8.28. The van der Waals surface area contributed by atoms with Gasteiger partial charge in [-0.15, -0.1) is 0 Å². The molecular weight excluding hydrogens is 236 g/mol. The van der Waals surface area contributed by atoms with Gasteiger partial charge >= 0.3 is 0 Å². The fraction of sp³-hybridized carbons (Fsp3) is 0.308. The lowest BCUT2D eigenvalue weighted by molar-refractivity contribution is 0.505. The van der Waals surface area contributed by atoms with Crippen LogP contribution in [0.2, 0.25) is 0 Å². The third-order valence-electron chi connectivity index (χ3n) is 2.95. The molecule has 0 saturated heterocycles. The molecule has 1 heterocycles. The molecule has 0 saturated carbocycles. The molecule has 96 valence electrons. The van der Waals surface area contributed by atoms with Crippen molar-refractivity contribution < 1.29 is 8.78 Å². The third kappa shape index (κ3) is 2.26. The van der Waals surface area contributed by atoms with Crippen LogP contribution in [-0.2, 0) is 13.5 Å². The minimum Gasteiger partial charge on any atom is -0.319 e. The molecule has 0 radical (unpaired) electrons. The fourth-order valence-corrected chi connectivity index (χ4v) is 1.88. The van der Waals surface area contributed by atoms with E-state index in [1.54, 1.807) is 11.7 Å². The topological polar surface area (TPSA) is 43.8 Å². The highest BCUT2D eigenvalue weighted by Gasteiger charge is 2.16. The van der Waals surface area contributed by atoms with Gasteiger partial charge in [-0.2, -0.15) is 5.10 Å². The van der Waals surface area contributed by atoms with E-state index >= 15 is 0 Å². The second kappa shape index (κ2) is 4.86. The molecule has 0 bridgehead atoms. The number of aryl methyl sites for hydroxylation is 2. The summed E-state index contributed by atoms with van der Waals surface area (Å²) in [5.74, 6) is -1.76. The minimum absolute atomic E-state index is 0.516. The maximum Gasteiger partial charge on any atom is 0.159 e. The van der Waals surface area contributed by atoms with Gasteiger partial charge in [0, 0.05) is 7.05 Å². The predicted molar refractivity (Wildman–Crippen MR) is 65.0 cm³/mol. The Labute approximate surface area is 104 Å². The van der Waals surface area contributed by atoms with E-state index in [0.717, 1.165) is 29.9 Å². The monoisotopic (exact) mass is 251 g/mol. The van der Waals surface area contributed by atoms with Crippen molar-refractivity contribution in [3.05, 3.63) is 52.9 Å². The molecule has 0 amide bonds. The maximum absolute atomic E-state index is 13.2. The largest absolute Gasteiger partial charge is 0.319 e. The van der Waals surface area contributed by atoms with Crippen LogP contribution in [0.15, 0.2) is 24.3 Å². The molecule has 0 fully saturated rings. The van der Waals surface area contributed by atoms with E-state index in [2.05, 4.69) is 5.10 Å². The SMILES string of the molecule is CCc1cc(C(N)c2ccc(F)c(F)c2)n(C)n1. The highest BCUT2D eigenvalue weighted by molar-refractivity contribution is 5.29. The number of nitrogens with two attached hydrogens (primary N) is 1. The Morgan fingerprint density at radius 2 is 2.00 bits per heavy atom. The summed E-state index contributed by atoms with van der Waals surface area (Å²) in [6.45, 7) is 2.00. The first-order valence-electron chi connectivity index (χ1n) is 5.76. The van der Waals surface area contributed by atoms with Crippen LogP contribution in [0.3, 0.4) is 0 Å². The molecule has 1 aromatic carbocycles. The zero-order valence-electron chi connectivity index (χ0n) is 10.3.